The molecule has 1 unspecified atom stereocenters. The smallest absolute Gasteiger partial charge is 0.0910 e. The van der Waals surface area contributed by atoms with Crippen LogP contribution in [-0.4, -0.2) is 14.8 Å². The van der Waals surface area contributed by atoms with Crippen molar-refractivity contribution in [1.29, 1.82) is 0 Å². The van der Waals surface area contributed by atoms with Gasteiger partial charge in [0.15, 0.2) is 0 Å². The van der Waals surface area contributed by atoms with E-state index in [2.05, 4.69) is 22.4 Å². The molecule has 0 radical (unpaired) electrons. The molecule has 19 heavy (non-hydrogen) atoms. The van der Waals surface area contributed by atoms with Crippen LogP contribution >= 0.6 is 11.6 Å². The zero-order valence-corrected chi connectivity index (χ0v) is 11.9. The Kier molecular flexibility index (Phi) is 4.52. The molecule has 0 fully saturated rings. The first-order valence-corrected chi connectivity index (χ1v) is 6.65. The number of aryl methyl sites for hydroxylation is 2. The van der Waals surface area contributed by atoms with Crippen molar-refractivity contribution in [3.8, 4) is 0 Å². The summed E-state index contributed by atoms with van der Waals surface area (Å²) in [7, 11) is 0. The number of aromatic nitrogens is 3. The van der Waals surface area contributed by atoms with Gasteiger partial charge in [0, 0.05) is 18.4 Å². The highest BCUT2D eigenvalue weighted by Crippen LogP contribution is 2.29. The Labute approximate surface area is 117 Å². The van der Waals surface area contributed by atoms with Crippen LogP contribution in [0.15, 0.2) is 24.5 Å². The fourth-order valence-corrected chi connectivity index (χ4v) is 2.42. The lowest BCUT2D eigenvalue weighted by atomic mass is 10.0. The van der Waals surface area contributed by atoms with Crippen molar-refractivity contribution >= 4 is 11.6 Å². The van der Waals surface area contributed by atoms with Crippen LogP contribution in [0.2, 0.25) is 5.02 Å². The number of hydrogen-bond donors (Lipinski definition) is 2. The molecule has 6 heteroatoms. The van der Waals surface area contributed by atoms with Gasteiger partial charge in [-0.1, -0.05) is 24.6 Å². The van der Waals surface area contributed by atoms with Crippen LogP contribution in [0.1, 0.15) is 36.3 Å². The van der Waals surface area contributed by atoms with Crippen molar-refractivity contribution in [2.45, 2.75) is 32.9 Å². The summed E-state index contributed by atoms with van der Waals surface area (Å²) in [4.78, 5) is 4.29. The van der Waals surface area contributed by atoms with Crippen LogP contribution in [0, 0.1) is 6.92 Å². The minimum atomic E-state index is -0.213. The van der Waals surface area contributed by atoms with Gasteiger partial charge in [-0.05, 0) is 25.0 Å². The number of nitrogens with zero attached hydrogens (tertiary/aromatic N) is 3. The second-order valence-corrected chi connectivity index (χ2v) is 4.79. The molecule has 2 aromatic rings. The van der Waals surface area contributed by atoms with Crippen LogP contribution in [0.4, 0.5) is 0 Å². The Balaban J connectivity index is 2.48. The highest BCUT2D eigenvalue weighted by atomic mass is 35.5. The van der Waals surface area contributed by atoms with E-state index in [1.54, 1.807) is 12.4 Å². The molecule has 2 aromatic heterocycles. The van der Waals surface area contributed by atoms with E-state index in [1.165, 1.54) is 0 Å². The molecule has 0 spiro atoms. The predicted molar refractivity (Wildman–Crippen MR) is 75.7 cm³/mol. The summed E-state index contributed by atoms with van der Waals surface area (Å²) < 4.78 is 1.89. The zero-order chi connectivity index (χ0) is 13.8. The largest absolute Gasteiger partial charge is 0.271 e. The lowest BCUT2D eigenvalue weighted by Crippen LogP contribution is -2.31. The minimum Gasteiger partial charge on any atom is -0.271 e. The molecule has 0 saturated heterocycles. The van der Waals surface area contributed by atoms with Gasteiger partial charge in [0.25, 0.3) is 0 Å². The fraction of sp³-hybridized carbons (Fsp3) is 0.385. The number of nitrogens with two attached hydrogens (primary N) is 1. The van der Waals surface area contributed by atoms with Crippen molar-refractivity contribution in [3.05, 3.63) is 46.5 Å². The molecule has 0 saturated carbocycles. The molecular formula is C13H18ClN5. The van der Waals surface area contributed by atoms with Crippen molar-refractivity contribution in [1.82, 2.24) is 20.2 Å². The molecule has 0 aliphatic heterocycles. The minimum absolute atomic E-state index is 0.213. The van der Waals surface area contributed by atoms with E-state index in [-0.39, 0.29) is 6.04 Å². The van der Waals surface area contributed by atoms with Gasteiger partial charge < -0.3 is 0 Å². The monoisotopic (exact) mass is 279 g/mol. The van der Waals surface area contributed by atoms with Crippen LogP contribution in [-0.2, 0) is 6.54 Å². The van der Waals surface area contributed by atoms with E-state index in [0.717, 1.165) is 29.9 Å². The third kappa shape index (κ3) is 2.78. The Morgan fingerprint density at radius 1 is 1.53 bits per heavy atom. The summed E-state index contributed by atoms with van der Waals surface area (Å²) in [6.07, 6.45) is 4.40. The molecule has 0 bridgehead atoms. The standard InChI is InChI=1S/C13H18ClN5/c1-3-7-19-13(11(14)8-17-19)12(18-15)10-5-4-6-16-9(10)2/h4-6,8,12,18H,3,7,15H2,1-2H3. The summed E-state index contributed by atoms with van der Waals surface area (Å²) >= 11 is 6.26. The predicted octanol–water partition coefficient (Wildman–Crippen LogP) is 2.20. The number of hydrazine groups is 1. The van der Waals surface area contributed by atoms with E-state index in [1.807, 2.05) is 23.7 Å². The molecule has 0 aliphatic rings. The van der Waals surface area contributed by atoms with Gasteiger partial charge in [0.2, 0.25) is 0 Å². The molecule has 3 N–H and O–H groups in total. The zero-order valence-electron chi connectivity index (χ0n) is 11.1. The van der Waals surface area contributed by atoms with Crippen molar-refractivity contribution in [3.63, 3.8) is 0 Å². The molecular weight excluding hydrogens is 262 g/mol. The van der Waals surface area contributed by atoms with Crippen LogP contribution in [0.5, 0.6) is 0 Å². The maximum atomic E-state index is 6.26. The Morgan fingerprint density at radius 3 is 2.95 bits per heavy atom. The lowest BCUT2D eigenvalue weighted by Gasteiger charge is -2.20. The lowest BCUT2D eigenvalue weighted by molar-refractivity contribution is 0.519. The van der Waals surface area contributed by atoms with Gasteiger partial charge in [-0.15, -0.1) is 0 Å². The average Bonchev–Trinajstić information content (AvgIpc) is 2.75. The first-order valence-electron chi connectivity index (χ1n) is 6.27. The molecule has 0 aromatic carbocycles. The van der Waals surface area contributed by atoms with Gasteiger partial charge in [-0.2, -0.15) is 5.10 Å². The van der Waals surface area contributed by atoms with Crippen molar-refractivity contribution < 1.29 is 0 Å². The van der Waals surface area contributed by atoms with Crippen LogP contribution < -0.4 is 11.3 Å². The quantitative estimate of drug-likeness (QED) is 0.650. The number of pyridine rings is 1. The summed E-state index contributed by atoms with van der Waals surface area (Å²) in [6.45, 7) is 4.85. The van der Waals surface area contributed by atoms with E-state index in [4.69, 9.17) is 17.4 Å². The molecule has 0 amide bonds. The van der Waals surface area contributed by atoms with Gasteiger partial charge >= 0.3 is 0 Å². The van der Waals surface area contributed by atoms with Gasteiger partial charge in [0.1, 0.15) is 0 Å². The van der Waals surface area contributed by atoms with E-state index in [0.29, 0.717) is 5.02 Å². The Morgan fingerprint density at radius 2 is 2.32 bits per heavy atom. The SMILES string of the molecule is CCCn1ncc(Cl)c1C(NN)c1cccnc1C. The second kappa shape index (κ2) is 6.14. The highest BCUT2D eigenvalue weighted by molar-refractivity contribution is 6.31. The third-order valence-electron chi connectivity index (χ3n) is 3.07. The van der Waals surface area contributed by atoms with Crippen molar-refractivity contribution in [2.24, 2.45) is 5.84 Å². The van der Waals surface area contributed by atoms with Crippen molar-refractivity contribution in [2.75, 3.05) is 0 Å². The first kappa shape index (κ1) is 14.0. The molecule has 2 heterocycles. The maximum absolute atomic E-state index is 6.26. The molecule has 5 nitrogen and oxygen atoms in total. The van der Waals surface area contributed by atoms with Gasteiger partial charge in [0.05, 0.1) is 23.0 Å². The van der Waals surface area contributed by atoms with Crippen LogP contribution in [0.25, 0.3) is 0 Å². The highest BCUT2D eigenvalue weighted by Gasteiger charge is 2.22. The number of rotatable bonds is 5. The van der Waals surface area contributed by atoms with Crippen LogP contribution in [0.3, 0.4) is 0 Å². The summed E-state index contributed by atoms with van der Waals surface area (Å²) in [5.41, 5.74) is 5.62. The molecule has 2 rings (SSSR count). The number of nitrogens with one attached hydrogen (secondary N) is 1. The average molecular weight is 280 g/mol. The number of halogens is 1. The summed E-state index contributed by atoms with van der Waals surface area (Å²) in [5.74, 6) is 5.72. The van der Waals surface area contributed by atoms with E-state index >= 15 is 0 Å². The third-order valence-corrected chi connectivity index (χ3v) is 3.36. The van der Waals surface area contributed by atoms with E-state index < -0.39 is 0 Å². The summed E-state index contributed by atoms with van der Waals surface area (Å²) in [6, 6.07) is 3.67. The summed E-state index contributed by atoms with van der Waals surface area (Å²) in [5, 5.41) is 4.91. The molecule has 1 atom stereocenters. The molecule has 102 valence electrons. The maximum Gasteiger partial charge on any atom is 0.0910 e. The topological polar surface area (TPSA) is 68.8 Å². The Bertz CT molecular complexity index is 552. The first-order chi connectivity index (χ1) is 9.19. The van der Waals surface area contributed by atoms with Gasteiger partial charge in [-0.25, -0.2) is 5.43 Å². The number of hydrogen-bond acceptors (Lipinski definition) is 4. The second-order valence-electron chi connectivity index (χ2n) is 4.38. The fourth-order valence-electron chi connectivity index (χ4n) is 2.17. The molecule has 0 aliphatic carbocycles. The van der Waals surface area contributed by atoms with Gasteiger partial charge in [-0.3, -0.25) is 15.5 Å². The van der Waals surface area contributed by atoms with E-state index in [9.17, 15) is 0 Å². The Hall–Kier alpha value is -1.43. The normalized spacial score (nSPS) is 12.6.